The van der Waals surface area contributed by atoms with Crippen molar-refractivity contribution >= 4 is 37.8 Å². The Labute approximate surface area is 106 Å². The van der Waals surface area contributed by atoms with E-state index in [4.69, 9.17) is 5.73 Å². The first kappa shape index (κ1) is 12.7. The molecule has 1 atom stereocenters. The Balaban J connectivity index is 2.76. The molecule has 1 aromatic carbocycles. The molecule has 82 valence electrons. The van der Waals surface area contributed by atoms with Crippen LogP contribution >= 0.6 is 31.9 Å². The van der Waals surface area contributed by atoms with Crippen LogP contribution < -0.4 is 11.1 Å². The first-order valence-electron chi connectivity index (χ1n) is 4.45. The second-order valence-electron chi connectivity index (χ2n) is 3.20. The molecule has 3 N–H and O–H groups in total. The molecule has 0 fully saturated rings. The number of nitrogens with two attached hydrogens (primary N) is 1. The third kappa shape index (κ3) is 3.93. The lowest BCUT2D eigenvalue weighted by molar-refractivity contribution is -0.121. The van der Waals surface area contributed by atoms with Gasteiger partial charge in [-0.3, -0.25) is 4.79 Å². The number of likely N-dealkylation sites (N-methyl/N-ethyl adjacent to an activating group) is 1. The molecule has 1 aromatic rings. The van der Waals surface area contributed by atoms with Gasteiger partial charge in [0.2, 0.25) is 5.91 Å². The number of carbonyl (C=O) groups is 1. The van der Waals surface area contributed by atoms with Crippen molar-refractivity contribution in [1.82, 2.24) is 5.32 Å². The maximum atomic E-state index is 11.2. The summed E-state index contributed by atoms with van der Waals surface area (Å²) in [5.74, 6) is -0.147. The van der Waals surface area contributed by atoms with Crippen LogP contribution in [0.2, 0.25) is 0 Å². The highest BCUT2D eigenvalue weighted by Gasteiger charge is 2.12. The van der Waals surface area contributed by atoms with Gasteiger partial charge in [-0.1, -0.05) is 31.9 Å². The molecule has 15 heavy (non-hydrogen) atoms. The van der Waals surface area contributed by atoms with Gasteiger partial charge < -0.3 is 11.1 Å². The minimum Gasteiger partial charge on any atom is -0.358 e. The van der Waals surface area contributed by atoms with Gasteiger partial charge in [0.1, 0.15) is 0 Å². The van der Waals surface area contributed by atoms with E-state index >= 15 is 0 Å². The van der Waals surface area contributed by atoms with Crippen LogP contribution in [0.4, 0.5) is 0 Å². The van der Waals surface area contributed by atoms with Gasteiger partial charge in [0.15, 0.2) is 0 Å². The van der Waals surface area contributed by atoms with E-state index in [9.17, 15) is 4.79 Å². The second kappa shape index (κ2) is 5.63. The van der Waals surface area contributed by atoms with Crippen LogP contribution in [0, 0.1) is 0 Å². The van der Waals surface area contributed by atoms with Gasteiger partial charge in [-0.25, -0.2) is 0 Å². The van der Waals surface area contributed by atoms with Crippen molar-refractivity contribution < 1.29 is 4.79 Å². The van der Waals surface area contributed by atoms with Gasteiger partial charge in [0.05, 0.1) is 6.04 Å². The Morgan fingerprint density at radius 1 is 1.40 bits per heavy atom. The summed E-state index contributed by atoms with van der Waals surface area (Å²) in [4.78, 5) is 11.2. The van der Waals surface area contributed by atoms with Crippen LogP contribution in [0.3, 0.4) is 0 Å². The monoisotopic (exact) mass is 334 g/mol. The summed E-state index contributed by atoms with van der Waals surface area (Å²) < 4.78 is 1.94. The third-order valence-corrected chi connectivity index (χ3v) is 2.88. The lowest BCUT2D eigenvalue weighted by Gasteiger charge is -2.10. The van der Waals surface area contributed by atoms with E-state index in [1.165, 1.54) is 0 Å². The zero-order valence-corrected chi connectivity index (χ0v) is 11.4. The minimum absolute atomic E-state index is 0.147. The van der Waals surface area contributed by atoms with Crippen molar-refractivity contribution in [2.45, 2.75) is 12.5 Å². The minimum atomic E-state index is -0.504. The van der Waals surface area contributed by atoms with Crippen LogP contribution in [0.25, 0.3) is 0 Å². The molecule has 0 radical (unpaired) electrons. The summed E-state index contributed by atoms with van der Waals surface area (Å²) >= 11 is 6.77. The van der Waals surface area contributed by atoms with Gasteiger partial charge in [0.25, 0.3) is 0 Å². The lowest BCUT2D eigenvalue weighted by atomic mass is 10.1. The zero-order chi connectivity index (χ0) is 11.4. The van der Waals surface area contributed by atoms with Crippen molar-refractivity contribution in [2.24, 2.45) is 5.73 Å². The average Bonchev–Trinajstić information content (AvgIpc) is 2.14. The molecule has 0 heterocycles. The smallest absolute Gasteiger partial charge is 0.237 e. The number of carbonyl (C=O) groups excluding carboxylic acids is 1. The number of benzene rings is 1. The fraction of sp³-hybridized carbons (Fsp3) is 0.300. The summed E-state index contributed by atoms with van der Waals surface area (Å²) in [6.07, 6.45) is 0.526. The van der Waals surface area contributed by atoms with Gasteiger partial charge in [-0.2, -0.15) is 0 Å². The predicted octanol–water partition coefficient (Wildman–Crippen LogP) is 1.83. The first-order valence-corrected chi connectivity index (χ1v) is 6.03. The molecule has 0 aliphatic carbocycles. The Morgan fingerprint density at radius 2 is 1.93 bits per heavy atom. The van der Waals surface area contributed by atoms with E-state index in [0.717, 1.165) is 14.5 Å². The summed E-state index contributed by atoms with van der Waals surface area (Å²) in [5.41, 5.74) is 6.74. The average molecular weight is 336 g/mol. The summed E-state index contributed by atoms with van der Waals surface area (Å²) in [5, 5.41) is 2.53. The number of nitrogens with one attached hydrogen (secondary N) is 1. The molecule has 1 rings (SSSR count). The molecule has 0 aromatic heterocycles. The van der Waals surface area contributed by atoms with Gasteiger partial charge in [-0.15, -0.1) is 0 Å². The Bertz CT molecular complexity index is 348. The van der Waals surface area contributed by atoms with Crippen LogP contribution in [-0.2, 0) is 11.2 Å². The summed E-state index contributed by atoms with van der Waals surface area (Å²) in [6, 6.07) is 5.34. The van der Waals surface area contributed by atoms with E-state index in [2.05, 4.69) is 37.2 Å². The molecule has 0 aliphatic heterocycles. The largest absolute Gasteiger partial charge is 0.358 e. The van der Waals surface area contributed by atoms with E-state index in [0.29, 0.717) is 6.42 Å². The molecule has 1 amide bonds. The number of amides is 1. The standard InChI is InChI=1S/C10H12Br2N2O/c1-14-10(15)9(13)4-6-2-7(11)5-8(12)3-6/h2-3,5,9H,4,13H2,1H3,(H,14,15). The highest BCUT2D eigenvalue weighted by molar-refractivity contribution is 9.11. The highest BCUT2D eigenvalue weighted by atomic mass is 79.9. The Kier molecular flexibility index (Phi) is 4.76. The molecule has 0 spiro atoms. The van der Waals surface area contributed by atoms with Gasteiger partial charge in [-0.05, 0) is 30.2 Å². The first-order chi connectivity index (χ1) is 7.02. The number of hydrogen-bond acceptors (Lipinski definition) is 2. The van der Waals surface area contributed by atoms with Gasteiger partial charge >= 0.3 is 0 Å². The molecule has 5 heteroatoms. The van der Waals surface area contributed by atoms with Crippen molar-refractivity contribution in [3.63, 3.8) is 0 Å². The normalized spacial score (nSPS) is 12.3. The highest BCUT2D eigenvalue weighted by Crippen LogP contribution is 2.20. The third-order valence-electron chi connectivity index (χ3n) is 1.96. The van der Waals surface area contributed by atoms with Crippen LogP contribution in [0.15, 0.2) is 27.1 Å². The second-order valence-corrected chi connectivity index (χ2v) is 5.03. The maximum absolute atomic E-state index is 11.2. The topological polar surface area (TPSA) is 55.1 Å². The molecular formula is C10H12Br2N2O. The van der Waals surface area contributed by atoms with E-state index < -0.39 is 6.04 Å². The van der Waals surface area contributed by atoms with Crippen LogP contribution in [0.1, 0.15) is 5.56 Å². The molecule has 0 aliphatic rings. The van der Waals surface area contributed by atoms with Crippen molar-refractivity contribution in [1.29, 1.82) is 0 Å². The molecule has 0 saturated heterocycles. The number of rotatable bonds is 3. The molecular weight excluding hydrogens is 324 g/mol. The fourth-order valence-corrected chi connectivity index (χ4v) is 2.65. The summed E-state index contributed by atoms with van der Waals surface area (Å²) in [6.45, 7) is 0. The zero-order valence-electron chi connectivity index (χ0n) is 8.26. The van der Waals surface area contributed by atoms with Gasteiger partial charge in [0, 0.05) is 16.0 Å². The number of halogens is 2. The number of hydrogen-bond donors (Lipinski definition) is 2. The van der Waals surface area contributed by atoms with Crippen molar-refractivity contribution in [2.75, 3.05) is 7.05 Å². The summed E-state index contributed by atoms with van der Waals surface area (Å²) in [7, 11) is 1.58. The fourth-order valence-electron chi connectivity index (χ4n) is 1.26. The molecule has 0 bridgehead atoms. The van der Waals surface area contributed by atoms with E-state index in [-0.39, 0.29) is 5.91 Å². The van der Waals surface area contributed by atoms with E-state index in [1.54, 1.807) is 7.05 Å². The molecule has 3 nitrogen and oxygen atoms in total. The molecule has 0 saturated carbocycles. The van der Waals surface area contributed by atoms with Crippen molar-refractivity contribution in [3.8, 4) is 0 Å². The van der Waals surface area contributed by atoms with E-state index in [1.807, 2.05) is 18.2 Å². The SMILES string of the molecule is CNC(=O)C(N)Cc1cc(Br)cc(Br)c1. The predicted molar refractivity (Wildman–Crippen MR) is 67.6 cm³/mol. The van der Waals surface area contributed by atoms with Crippen LogP contribution in [0.5, 0.6) is 0 Å². The quantitative estimate of drug-likeness (QED) is 0.885. The maximum Gasteiger partial charge on any atom is 0.237 e. The molecule has 1 unspecified atom stereocenters. The van der Waals surface area contributed by atoms with Crippen LogP contribution in [-0.4, -0.2) is 19.0 Å². The Morgan fingerprint density at radius 3 is 2.40 bits per heavy atom. The Hall–Kier alpha value is -0.390. The lowest BCUT2D eigenvalue weighted by Crippen LogP contribution is -2.40. The van der Waals surface area contributed by atoms with Crippen molar-refractivity contribution in [3.05, 3.63) is 32.7 Å².